The lowest BCUT2D eigenvalue weighted by Gasteiger charge is -2.11. The number of nitrogens with zero attached hydrogens (tertiary/aromatic N) is 4. The second kappa shape index (κ2) is 13.8. The maximum Gasteiger partial charge on any atom is 0.160 e. The van der Waals surface area contributed by atoms with Crippen LogP contribution in [0.25, 0.3) is 94.8 Å². The minimum atomic E-state index is 0.710. The number of para-hydroxylation sites is 1. The van der Waals surface area contributed by atoms with Gasteiger partial charge in [0.1, 0.15) is 5.69 Å². The largest absolute Gasteiger partial charge is 0.232 e. The van der Waals surface area contributed by atoms with Crippen molar-refractivity contribution in [3.05, 3.63) is 206 Å². The quantitative estimate of drug-likeness (QED) is 0.166. The van der Waals surface area contributed by atoms with Gasteiger partial charge in [0.25, 0.3) is 0 Å². The Balaban J connectivity index is 1.05. The van der Waals surface area contributed by atoms with Crippen molar-refractivity contribution in [2.24, 2.45) is 0 Å². The molecule has 0 N–H and O–H groups in total. The number of benzene rings is 8. The summed E-state index contributed by atoms with van der Waals surface area (Å²) in [4.78, 5) is 9.98. The summed E-state index contributed by atoms with van der Waals surface area (Å²) in [6.07, 6.45) is 0. The van der Waals surface area contributed by atoms with E-state index in [0.29, 0.717) is 5.82 Å². The molecule has 2 aromatic heterocycles. The number of rotatable bonds is 7. The van der Waals surface area contributed by atoms with Crippen LogP contribution >= 0.6 is 0 Å². The van der Waals surface area contributed by atoms with E-state index in [0.717, 1.165) is 67.1 Å². The lowest BCUT2D eigenvalue weighted by atomic mass is 9.93. The first-order valence-corrected chi connectivity index (χ1v) is 18.5. The molecule has 10 aromatic rings. The third-order valence-electron chi connectivity index (χ3n) is 10.3. The van der Waals surface area contributed by atoms with Crippen molar-refractivity contribution in [3.63, 3.8) is 0 Å². The van der Waals surface area contributed by atoms with E-state index in [9.17, 15) is 0 Å². The highest BCUT2D eigenvalue weighted by Gasteiger charge is 2.21. The molecule has 0 saturated carbocycles. The molecule has 0 fully saturated rings. The van der Waals surface area contributed by atoms with Crippen LogP contribution in [0, 0.1) is 0 Å². The van der Waals surface area contributed by atoms with E-state index in [4.69, 9.17) is 15.1 Å². The van der Waals surface area contributed by atoms with Crippen molar-refractivity contribution in [3.8, 4) is 73.1 Å². The van der Waals surface area contributed by atoms with Gasteiger partial charge in [0.05, 0.1) is 22.6 Å². The van der Waals surface area contributed by atoms with E-state index in [2.05, 4.69) is 168 Å². The topological polar surface area (TPSA) is 43.6 Å². The normalized spacial score (nSPS) is 11.3. The van der Waals surface area contributed by atoms with Gasteiger partial charge >= 0.3 is 0 Å². The summed E-state index contributed by atoms with van der Waals surface area (Å²) in [7, 11) is 0. The number of hydrogen-bond acceptors (Lipinski definition) is 3. The van der Waals surface area contributed by atoms with E-state index in [1.807, 2.05) is 42.5 Å². The third-order valence-corrected chi connectivity index (χ3v) is 10.3. The predicted octanol–water partition coefficient (Wildman–Crippen LogP) is 13.0. The summed E-state index contributed by atoms with van der Waals surface area (Å²) in [6.45, 7) is 0. The van der Waals surface area contributed by atoms with Crippen molar-refractivity contribution < 1.29 is 0 Å². The van der Waals surface area contributed by atoms with Gasteiger partial charge in [-0.1, -0.05) is 182 Å². The Kier molecular flexibility index (Phi) is 8.12. The van der Waals surface area contributed by atoms with Gasteiger partial charge < -0.3 is 0 Å². The van der Waals surface area contributed by atoms with E-state index in [-0.39, 0.29) is 0 Å². The Morgan fingerprint density at radius 1 is 0.364 bits per heavy atom. The van der Waals surface area contributed by atoms with Crippen LogP contribution in [0.1, 0.15) is 0 Å². The average molecular weight is 703 g/mol. The molecule has 4 heteroatoms. The Morgan fingerprint density at radius 3 is 1.45 bits per heavy atom. The Labute approximate surface area is 319 Å². The molecule has 55 heavy (non-hydrogen) atoms. The average Bonchev–Trinajstić information content (AvgIpc) is 3.68. The second-order valence-electron chi connectivity index (χ2n) is 13.7. The summed E-state index contributed by atoms with van der Waals surface area (Å²) in [5.74, 6) is 0.710. The van der Waals surface area contributed by atoms with E-state index in [1.54, 1.807) is 0 Å². The first-order chi connectivity index (χ1) is 27.3. The molecule has 0 aliphatic rings. The smallest absolute Gasteiger partial charge is 0.160 e. The van der Waals surface area contributed by atoms with Crippen molar-refractivity contribution >= 4 is 21.7 Å². The maximum absolute atomic E-state index is 5.38. The molecule has 8 aromatic carbocycles. The van der Waals surface area contributed by atoms with Crippen molar-refractivity contribution in [2.75, 3.05) is 0 Å². The van der Waals surface area contributed by atoms with Crippen LogP contribution in [0.3, 0.4) is 0 Å². The molecule has 258 valence electrons. The van der Waals surface area contributed by atoms with Crippen LogP contribution in [-0.4, -0.2) is 19.7 Å². The summed E-state index contributed by atoms with van der Waals surface area (Å²) < 4.78 is 2.12. The molecule has 0 radical (unpaired) electrons. The van der Waals surface area contributed by atoms with Gasteiger partial charge in [0.15, 0.2) is 5.82 Å². The van der Waals surface area contributed by atoms with E-state index >= 15 is 0 Å². The zero-order valence-electron chi connectivity index (χ0n) is 29.9. The predicted molar refractivity (Wildman–Crippen MR) is 227 cm³/mol. The second-order valence-corrected chi connectivity index (χ2v) is 13.7. The molecule has 10 rings (SSSR count). The fraction of sp³-hybridized carbons (Fsp3) is 0. The minimum absolute atomic E-state index is 0.710. The van der Waals surface area contributed by atoms with Crippen LogP contribution in [-0.2, 0) is 0 Å². The van der Waals surface area contributed by atoms with Crippen LogP contribution < -0.4 is 0 Å². The molecule has 0 spiro atoms. The van der Waals surface area contributed by atoms with Gasteiger partial charge in [0, 0.05) is 33.0 Å². The number of aromatic nitrogens is 4. The Hall–Kier alpha value is -7.43. The molecule has 0 atom stereocenters. The summed E-state index contributed by atoms with van der Waals surface area (Å²) in [6, 6.07) is 72.0. The van der Waals surface area contributed by atoms with Crippen molar-refractivity contribution in [2.45, 2.75) is 0 Å². The van der Waals surface area contributed by atoms with Crippen LogP contribution in [0.5, 0.6) is 0 Å². The van der Waals surface area contributed by atoms with Crippen LogP contribution in [0.2, 0.25) is 0 Å². The van der Waals surface area contributed by atoms with Crippen molar-refractivity contribution in [1.29, 1.82) is 0 Å². The van der Waals surface area contributed by atoms with E-state index < -0.39 is 0 Å². The minimum Gasteiger partial charge on any atom is -0.232 e. The molecule has 2 heterocycles. The molecule has 0 amide bonds. The molecule has 0 aliphatic heterocycles. The maximum atomic E-state index is 5.38. The highest BCUT2D eigenvalue weighted by Crippen LogP contribution is 2.42. The van der Waals surface area contributed by atoms with Crippen LogP contribution in [0.15, 0.2) is 206 Å². The zero-order chi connectivity index (χ0) is 36.6. The molecular formula is C51H34N4. The van der Waals surface area contributed by atoms with Crippen molar-refractivity contribution in [1.82, 2.24) is 19.7 Å². The highest BCUT2D eigenvalue weighted by molar-refractivity contribution is 6.17. The highest BCUT2D eigenvalue weighted by atomic mass is 15.3. The van der Waals surface area contributed by atoms with Gasteiger partial charge in [-0.2, -0.15) is 5.10 Å². The Bertz CT molecular complexity index is 2860. The fourth-order valence-corrected chi connectivity index (χ4v) is 7.51. The first kappa shape index (κ1) is 32.2. The molecular weight excluding hydrogens is 669 g/mol. The monoisotopic (exact) mass is 702 g/mol. The summed E-state index contributed by atoms with van der Waals surface area (Å²) in [5, 5.41) is 8.87. The lowest BCUT2D eigenvalue weighted by molar-refractivity contribution is 0.918. The molecule has 0 bridgehead atoms. The fourth-order valence-electron chi connectivity index (χ4n) is 7.51. The number of fused-ring (bicyclic) bond motifs is 3. The third kappa shape index (κ3) is 6.06. The molecule has 0 aliphatic carbocycles. The lowest BCUT2D eigenvalue weighted by Crippen LogP contribution is -1.96. The zero-order valence-corrected chi connectivity index (χ0v) is 29.9. The molecule has 0 unspecified atom stereocenters. The summed E-state index contributed by atoms with van der Waals surface area (Å²) in [5.41, 5.74) is 13.6. The van der Waals surface area contributed by atoms with Gasteiger partial charge in [-0.15, -0.1) is 0 Å². The van der Waals surface area contributed by atoms with Crippen LogP contribution in [0.4, 0.5) is 0 Å². The SMILES string of the molecule is c1ccc(-c2cc(-c3ccc(-c4ccc(-c5nn(-c6ccccc6)c6c5c(-c5ccccc5)cc5ccccc56)cc4)cc3)nc(-c3ccccc3)n2)cc1. The van der Waals surface area contributed by atoms with Gasteiger partial charge in [-0.25, -0.2) is 14.6 Å². The van der Waals surface area contributed by atoms with Gasteiger partial charge in [-0.05, 0) is 51.9 Å². The number of hydrogen-bond donors (Lipinski definition) is 0. The molecule has 0 saturated heterocycles. The standard InChI is InChI=1S/C51H34N4/c1-5-15-37(16-6-1)45-33-42-21-13-14-24-44(42)50-48(45)49(54-55(50)43-22-11-4-12-23-43)40-31-27-36(28-32-40)35-25-29-39(30-26-35)47-34-46(38-17-7-2-8-18-38)52-51(53-47)41-19-9-3-10-20-41/h1-34H. The van der Waals surface area contributed by atoms with Gasteiger partial charge in [0.2, 0.25) is 0 Å². The Morgan fingerprint density at radius 2 is 0.836 bits per heavy atom. The van der Waals surface area contributed by atoms with E-state index in [1.165, 1.54) is 21.9 Å². The molecule has 4 nitrogen and oxygen atoms in total. The van der Waals surface area contributed by atoms with Gasteiger partial charge in [-0.3, -0.25) is 0 Å². The first-order valence-electron chi connectivity index (χ1n) is 18.5. The summed E-state index contributed by atoms with van der Waals surface area (Å²) >= 11 is 0.